The number of hydrazine groups is 1. The van der Waals surface area contributed by atoms with Crippen LogP contribution in [-0.2, 0) is 4.79 Å². The number of carbonyl (C=O) groups is 2. The van der Waals surface area contributed by atoms with Gasteiger partial charge >= 0.3 is 12.0 Å². The third kappa shape index (κ3) is 2.70. The van der Waals surface area contributed by atoms with Crippen LogP contribution in [0.3, 0.4) is 0 Å². The van der Waals surface area contributed by atoms with Crippen LogP contribution in [0.1, 0.15) is 25.7 Å². The fourth-order valence-corrected chi connectivity index (χ4v) is 4.09. The molecule has 3 atom stereocenters. The molecule has 0 aromatic rings. The van der Waals surface area contributed by atoms with Gasteiger partial charge in [0.2, 0.25) is 0 Å². The van der Waals surface area contributed by atoms with Crippen LogP contribution < -0.4 is 10.9 Å². The van der Waals surface area contributed by atoms with Gasteiger partial charge in [-0.2, -0.15) is 11.8 Å². The highest BCUT2D eigenvalue weighted by atomic mass is 32.2. The second-order valence-corrected chi connectivity index (χ2v) is 5.80. The summed E-state index contributed by atoms with van der Waals surface area (Å²) in [4.78, 5) is 21.9. The molecular formula is C10H17N3O4S. The quantitative estimate of drug-likeness (QED) is 0.318. The topological polar surface area (TPSA) is 102 Å². The number of unbranched alkanes of at least 4 members (excludes halogenated alkanes) is 1. The monoisotopic (exact) mass is 275 g/mol. The van der Waals surface area contributed by atoms with Gasteiger partial charge in [-0.3, -0.25) is 10.0 Å². The van der Waals surface area contributed by atoms with Crippen LogP contribution in [0.2, 0.25) is 0 Å². The minimum atomic E-state index is -0.775. The number of carboxylic acid groups (broad SMARTS) is 1. The van der Waals surface area contributed by atoms with Crippen molar-refractivity contribution in [2.75, 3.05) is 5.75 Å². The van der Waals surface area contributed by atoms with E-state index in [1.54, 1.807) is 11.8 Å². The van der Waals surface area contributed by atoms with Crippen molar-refractivity contribution in [1.82, 2.24) is 15.9 Å². The Kier molecular flexibility index (Phi) is 4.31. The van der Waals surface area contributed by atoms with Crippen molar-refractivity contribution in [3.63, 3.8) is 0 Å². The molecule has 0 spiro atoms. The first-order valence-electron chi connectivity index (χ1n) is 5.96. The van der Waals surface area contributed by atoms with E-state index in [0.717, 1.165) is 18.6 Å². The van der Waals surface area contributed by atoms with Crippen LogP contribution in [-0.4, -0.2) is 50.4 Å². The number of carbonyl (C=O) groups excluding carboxylic acids is 1. The molecule has 7 nitrogen and oxygen atoms in total. The van der Waals surface area contributed by atoms with Crippen molar-refractivity contribution in [1.29, 1.82) is 0 Å². The molecule has 2 aliphatic heterocycles. The lowest BCUT2D eigenvalue weighted by molar-refractivity contribution is -0.137. The number of thioether (sulfide) groups is 1. The molecule has 2 fully saturated rings. The summed E-state index contributed by atoms with van der Waals surface area (Å²) in [7, 11) is 0. The minimum Gasteiger partial charge on any atom is -0.481 e. The third-order valence-corrected chi connectivity index (χ3v) is 4.84. The summed E-state index contributed by atoms with van der Waals surface area (Å²) in [5, 5.41) is 21.8. The first-order chi connectivity index (χ1) is 8.63. The van der Waals surface area contributed by atoms with E-state index in [0.29, 0.717) is 6.42 Å². The van der Waals surface area contributed by atoms with E-state index in [1.165, 1.54) is 5.01 Å². The Hall–Kier alpha value is -0.990. The number of fused-ring (bicyclic) bond motifs is 1. The number of nitrogens with zero attached hydrogens (tertiary/aromatic N) is 1. The molecule has 2 saturated heterocycles. The summed E-state index contributed by atoms with van der Waals surface area (Å²) in [6, 6.07) is -0.299. The standard InChI is InChI=1S/C10H17N3O4S/c14-8(15)4-2-1-3-7-9-6(5-18-7)11-10(16)13(9)12-17/h6-7,9,12,17H,1-5H2,(H,11,16)(H,14,15)/t6-,7-,9-/m1/s1. The van der Waals surface area contributed by atoms with E-state index in [2.05, 4.69) is 5.32 Å². The van der Waals surface area contributed by atoms with Gasteiger partial charge < -0.3 is 10.4 Å². The second kappa shape index (κ2) is 5.77. The molecule has 4 N–H and O–H groups in total. The average Bonchev–Trinajstić information content (AvgIpc) is 2.82. The van der Waals surface area contributed by atoms with Gasteiger partial charge in [-0.05, 0) is 12.8 Å². The molecule has 0 aromatic carbocycles. The van der Waals surface area contributed by atoms with Crippen LogP contribution in [0.15, 0.2) is 0 Å². The van der Waals surface area contributed by atoms with E-state index < -0.39 is 5.97 Å². The number of carboxylic acids is 1. The summed E-state index contributed by atoms with van der Waals surface area (Å²) >= 11 is 1.76. The van der Waals surface area contributed by atoms with Gasteiger partial charge in [-0.15, -0.1) is 5.59 Å². The first-order valence-corrected chi connectivity index (χ1v) is 7.01. The van der Waals surface area contributed by atoms with E-state index >= 15 is 0 Å². The molecule has 0 radical (unpaired) electrons. The molecule has 0 aliphatic carbocycles. The Morgan fingerprint density at radius 1 is 1.56 bits per heavy atom. The number of nitrogens with one attached hydrogen (secondary N) is 2. The Balaban J connectivity index is 1.83. The fourth-order valence-electron chi connectivity index (χ4n) is 2.51. The zero-order chi connectivity index (χ0) is 13.1. The molecule has 0 unspecified atom stereocenters. The lowest BCUT2D eigenvalue weighted by Gasteiger charge is -2.24. The van der Waals surface area contributed by atoms with Gasteiger partial charge in [-0.25, -0.2) is 9.80 Å². The maximum atomic E-state index is 11.5. The van der Waals surface area contributed by atoms with Crippen molar-refractivity contribution < 1.29 is 19.9 Å². The number of urea groups is 1. The van der Waals surface area contributed by atoms with Crippen molar-refractivity contribution in [2.45, 2.75) is 43.0 Å². The van der Waals surface area contributed by atoms with Gasteiger partial charge in [0.05, 0.1) is 12.1 Å². The molecule has 2 amide bonds. The van der Waals surface area contributed by atoms with E-state index in [1.807, 2.05) is 5.59 Å². The molecule has 102 valence electrons. The molecule has 18 heavy (non-hydrogen) atoms. The molecule has 0 aromatic heterocycles. The fraction of sp³-hybridized carbons (Fsp3) is 0.800. The Morgan fingerprint density at radius 3 is 3.00 bits per heavy atom. The summed E-state index contributed by atoms with van der Waals surface area (Å²) in [6.45, 7) is 0. The molecule has 2 rings (SSSR count). The Morgan fingerprint density at radius 2 is 2.33 bits per heavy atom. The molecule has 8 heteroatoms. The third-order valence-electron chi connectivity index (χ3n) is 3.35. The maximum Gasteiger partial charge on any atom is 0.334 e. The maximum absolute atomic E-state index is 11.5. The van der Waals surface area contributed by atoms with Crippen LogP contribution >= 0.6 is 11.8 Å². The predicted molar refractivity (Wildman–Crippen MR) is 65.2 cm³/mol. The summed E-state index contributed by atoms with van der Waals surface area (Å²) in [5.41, 5.74) is 1.94. The van der Waals surface area contributed by atoms with Crippen molar-refractivity contribution >= 4 is 23.8 Å². The normalized spacial score (nSPS) is 30.4. The van der Waals surface area contributed by atoms with E-state index in [9.17, 15) is 9.59 Å². The lowest BCUT2D eigenvalue weighted by atomic mass is 10.0. The number of amides is 2. The first kappa shape index (κ1) is 13.4. The van der Waals surface area contributed by atoms with Gasteiger partial charge in [0.1, 0.15) is 0 Å². The highest BCUT2D eigenvalue weighted by Gasteiger charge is 2.48. The van der Waals surface area contributed by atoms with Crippen LogP contribution in [0.4, 0.5) is 4.79 Å². The molecule has 0 bridgehead atoms. The largest absolute Gasteiger partial charge is 0.481 e. The smallest absolute Gasteiger partial charge is 0.334 e. The molecule has 2 aliphatic rings. The van der Waals surface area contributed by atoms with E-state index in [4.69, 9.17) is 10.3 Å². The Labute approximate surface area is 109 Å². The number of aliphatic carboxylic acids is 1. The predicted octanol–water partition coefficient (Wildman–Crippen LogP) is 0.403. The van der Waals surface area contributed by atoms with Gasteiger partial charge in [-0.1, -0.05) is 6.42 Å². The van der Waals surface area contributed by atoms with Crippen LogP contribution in [0, 0.1) is 0 Å². The average molecular weight is 275 g/mol. The summed E-state index contributed by atoms with van der Waals surface area (Å²) in [5.74, 6) is 0.0568. The zero-order valence-corrected chi connectivity index (χ0v) is 10.7. The lowest BCUT2D eigenvalue weighted by Crippen LogP contribution is -2.47. The van der Waals surface area contributed by atoms with Crippen LogP contribution in [0.5, 0.6) is 0 Å². The van der Waals surface area contributed by atoms with Crippen molar-refractivity contribution in [3.8, 4) is 0 Å². The number of rotatable bonds is 6. The molecule has 2 heterocycles. The van der Waals surface area contributed by atoms with Gasteiger partial charge in [0.25, 0.3) is 0 Å². The van der Waals surface area contributed by atoms with Gasteiger partial charge in [0.15, 0.2) is 0 Å². The molecule has 0 saturated carbocycles. The Bertz CT molecular complexity index is 341. The minimum absolute atomic E-state index is 0.0580. The van der Waals surface area contributed by atoms with Crippen molar-refractivity contribution in [3.05, 3.63) is 0 Å². The van der Waals surface area contributed by atoms with E-state index in [-0.39, 0.29) is 29.8 Å². The van der Waals surface area contributed by atoms with Gasteiger partial charge in [0, 0.05) is 17.4 Å². The summed E-state index contributed by atoms with van der Waals surface area (Å²) in [6.07, 6.45) is 2.51. The SMILES string of the molecule is O=C(O)CCCC[C@H]1SC[C@H]2NC(=O)N(NO)[C@H]21. The summed E-state index contributed by atoms with van der Waals surface area (Å²) < 4.78 is 0. The second-order valence-electron chi connectivity index (χ2n) is 4.53. The zero-order valence-electron chi connectivity index (χ0n) is 9.83. The number of hydrogen-bond donors (Lipinski definition) is 4. The van der Waals surface area contributed by atoms with Crippen LogP contribution in [0.25, 0.3) is 0 Å². The highest BCUT2D eigenvalue weighted by molar-refractivity contribution is 8.00. The number of hydrogen-bond acceptors (Lipinski definition) is 5. The van der Waals surface area contributed by atoms with Crippen molar-refractivity contribution in [2.24, 2.45) is 0 Å². The highest BCUT2D eigenvalue weighted by Crippen LogP contribution is 2.36. The molecular weight excluding hydrogens is 258 g/mol.